The summed E-state index contributed by atoms with van der Waals surface area (Å²) in [6.45, 7) is 4.66. The van der Waals surface area contributed by atoms with Crippen LogP contribution in [-0.2, 0) is 24.4 Å². The lowest BCUT2D eigenvalue weighted by atomic mass is 9.88. The van der Waals surface area contributed by atoms with E-state index in [-0.39, 0.29) is 5.57 Å². The lowest BCUT2D eigenvalue weighted by Crippen LogP contribution is -2.09. The van der Waals surface area contributed by atoms with Crippen molar-refractivity contribution in [3.8, 4) is 11.5 Å². The topological polar surface area (TPSA) is 55.8 Å². The third kappa shape index (κ3) is 7.15. The number of aryl methyl sites for hydroxylation is 2. The molecule has 5 aromatic rings. The Labute approximate surface area is 247 Å². The number of allylic oxidation sites excluding steroid dienone is 1. The van der Waals surface area contributed by atoms with Crippen molar-refractivity contribution in [2.75, 3.05) is 0 Å². The summed E-state index contributed by atoms with van der Waals surface area (Å²) in [5.74, 6) is 0.131. The van der Waals surface area contributed by atoms with Crippen molar-refractivity contribution >= 4 is 17.1 Å². The number of rotatable bonds is 11. The maximum Gasteiger partial charge on any atom is 0.336 e. The molecule has 0 unspecified atom stereocenters. The van der Waals surface area contributed by atoms with Gasteiger partial charge in [-0.25, -0.2) is 4.79 Å². The minimum Gasteiger partial charge on any atom is -0.488 e. The lowest BCUT2D eigenvalue weighted by molar-refractivity contribution is -0.130. The highest BCUT2D eigenvalue weighted by Crippen LogP contribution is 2.39. The second-order valence-electron chi connectivity index (χ2n) is 10.4. The summed E-state index contributed by atoms with van der Waals surface area (Å²) in [6.07, 6.45) is 0.402. The number of ether oxygens (including phenoxy) is 2. The van der Waals surface area contributed by atoms with Crippen molar-refractivity contribution < 1.29 is 19.4 Å². The molecule has 0 bridgehead atoms. The molecule has 0 radical (unpaired) electrons. The normalized spacial score (nSPS) is 11.5. The van der Waals surface area contributed by atoms with Crippen molar-refractivity contribution in [1.82, 2.24) is 0 Å². The van der Waals surface area contributed by atoms with E-state index in [4.69, 9.17) is 9.47 Å². The van der Waals surface area contributed by atoms with E-state index >= 15 is 0 Å². The molecule has 0 spiro atoms. The van der Waals surface area contributed by atoms with Crippen LogP contribution in [0.1, 0.15) is 38.9 Å². The van der Waals surface area contributed by atoms with Gasteiger partial charge in [0.25, 0.3) is 0 Å². The number of carbonyl (C=O) groups is 1. The zero-order valence-electron chi connectivity index (χ0n) is 23.9. The average Bonchev–Trinajstić information content (AvgIpc) is 3.01. The van der Waals surface area contributed by atoms with Crippen LogP contribution in [0.25, 0.3) is 11.1 Å². The van der Waals surface area contributed by atoms with Crippen LogP contribution in [0.15, 0.2) is 127 Å². The highest BCUT2D eigenvalue weighted by molar-refractivity contribution is 6.25. The molecule has 0 amide bonds. The van der Waals surface area contributed by atoms with Gasteiger partial charge >= 0.3 is 5.97 Å². The van der Waals surface area contributed by atoms with Gasteiger partial charge < -0.3 is 14.6 Å². The summed E-state index contributed by atoms with van der Waals surface area (Å²) in [5, 5.41) is 10.9. The molecule has 1 N–H and O–H groups in total. The van der Waals surface area contributed by atoms with Crippen LogP contribution < -0.4 is 9.47 Å². The van der Waals surface area contributed by atoms with Crippen molar-refractivity contribution in [1.29, 1.82) is 0 Å². The van der Waals surface area contributed by atoms with Crippen molar-refractivity contribution in [3.05, 3.63) is 166 Å². The largest absolute Gasteiger partial charge is 0.488 e. The van der Waals surface area contributed by atoms with Gasteiger partial charge in [-0.05, 0) is 66.8 Å². The van der Waals surface area contributed by atoms with E-state index in [1.54, 1.807) is 0 Å². The number of carboxylic acid groups (broad SMARTS) is 1. The van der Waals surface area contributed by atoms with Crippen molar-refractivity contribution in [2.45, 2.75) is 33.5 Å². The Morgan fingerprint density at radius 3 is 1.48 bits per heavy atom. The molecule has 0 aliphatic carbocycles. The first-order valence-electron chi connectivity index (χ1n) is 14.0. The smallest absolute Gasteiger partial charge is 0.336 e. The molecule has 4 heteroatoms. The van der Waals surface area contributed by atoms with Crippen LogP contribution in [0.5, 0.6) is 11.5 Å². The number of carboxylic acids is 1. The molecule has 0 atom stereocenters. The molecule has 0 aromatic heterocycles. The molecule has 0 saturated heterocycles. The van der Waals surface area contributed by atoms with Gasteiger partial charge in [-0.2, -0.15) is 0 Å². The van der Waals surface area contributed by atoms with E-state index in [1.165, 1.54) is 0 Å². The Morgan fingerprint density at radius 2 is 1.00 bits per heavy atom. The van der Waals surface area contributed by atoms with E-state index in [0.717, 1.165) is 33.4 Å². The molecule has 0 fully saturated rings. The lowest BCUT2D eigenvalue weighted by Gasteiger charge is -2.20. The Bertz CT molecular complexity index is 1670. The highest BCUT2D eigenvalue weighted by atomic mass is 16.5. The molecule has 5 aromatic carbocycles. The summed E-state index contributed by atoms with van der Waals surface area (Å²) >= 11 is 0. The highest BCUT2D eigenvalue weighted by Gasteiger charge is 2.25. The summed E-state index contributed by atoms with van der Waals surface area (Å²) in [5.41, 5.74) is 7.15. The van der Waals surface area contributed by atoms with Crippen LogP contribution in [-0.4, -0.2) is 11.1 Å². The molecule has 0 aliphatic rings. The van der Waals surface area contributed by atoms with E-state index in [2.05, 4.69) is 0 Å². The number of hydrogen-bond acceptors (Lipinski definition) is 3. The number of hydrogen-bond donors (Lipinski definition) is 1. The van der Waals surface area contributed by atoms with E-state index in [9.17, 15) is 9.90 Å². The third-order valence-electron chi connectivity index (χ3n) is 7.08. The van der Waals surface area contributed by atoms with E-state index < -0.39 is 5.97 Å². The standard InChI is InChI=1S/C38H34O4/c1-27-18-20-35(41-25-30-14-8-4-9-15-30)32(22-27)33(24-29-12-6-3-7-13-29)37(38(39)40)34-23-28(2)19-21-36(34)42-26-31-16-10-5-11-17-31/h3-23H,24-26H2,1-2H3,(H,39,40). The van der Waals surface area contributed by atoms with Crippen molar-refractivity contribution in [2.24, 2.45) is 0 Å². The molecule has 4 nitrogen and oxygen atoms in total. The van der Waals surface area contributed by atoms with Gasteiger partial charge in [0.2, 0.25) is 0 Å². The molecule has 0 heterocycles. The fourth-order valence-corrected chi connectivity index (χ4v) is 4.97. The van der Waals surface area contributed by atoms with Gasteiger partial charge in [-0.1, -0.05) is 114 Å². The maximum absolute atomic E-state index is 13.3. The first-order valence-corrected chi connectivity index (χ1v) is 14.0. The average molecular weight is 555 g/mol. The van der Waals surface area contributed by atoms with Crippen LogP contribution in [0.3, 0.4) is 0 Å². The van der Waals surface area contributed by atoms with Crippen LogP contribution >= 0.6 is 0 Å². The van der Waals surface area contributed by atoms with Gasteiger partial charge in [0, 0.05) is 11.1 Å². The Balaban J connectivity index is 1.67. The molecule has 0 aliphatic heterocycles. The third-order valence-corrected chi connectivity index (χ3v) is 7.08. The monoisotopic (exact) mass is 554 g/mol. The molecule has 5 rings (SSSR count). The number of benzene rings is 5. The molecule has 42 heavy (non-hydrogen) atoms. The minimum atomic E-state index is -1.02. The summed E-state index contributed by atoms with van der Waals surface area (Å²) in [7, 11) is 0. The molecular formula is C38H34O4. The van der Waals surface area contributed by atoms with Gasteiger partial charge in [0.15, 0.2) is 0 Å². The Hall–Kier alpha value is -5.09. The van der Waals surface area contributed by atoms with Gasteiger partial charge in [0.1, 0.15) is 24.7 Å². The van der Waals surface area contributed by atoms with Crippen LogP contribution in [0.2, 0.25) is 0 Å². The quantitative estimate of drug-likeness (QED) is 0.131. The maximum atomic E-state index is 13.3. The summed E-state index contributed by atoms with van der Waals surface area (Å²) < 4.78 is 12.6. The SMILES string of the molecule is Cc1ccc(OCc2ccccc2)c(C(Cc2ccccc2)=C(C(=O)O)c2cc(C)ccc2OCc2ccccc2)c1. The molecule has 0 saturated carbocycles. The zero-order valence-corrected chi connectivity index (χ0v) is 23.9. The fraction of sp³-hybridized carbons (Fsp3) is 0.132. The summed E-state index contributed by atoms with van der Waals surface area (Å²) in [4.78, 5) is 13.3. The van der Waals surface area contributed by atoms with Crippen LogP contribution in [0.4, 0.5) is 0 Å². The zero-order chi connectivity index (χ0) is 29.3. The van der Waals surface area contributed by atoms with Crippen LogP contribution in [0, 0.1) is 13.8 Å². The van der Waals surface area contributed by atoms with Gasteiger partial charge in [-0.3, -0.25) is 0 Å². The Kier molecular flexibility index (Phi) is 9.15. The predicted octanol–water partition coefficient (Wildman–Crippen LogP) is 8.70. The van der Waals surface area contributed by atoms with Crippen molar-refractivity contribution in [3.63, 3.8) is 0 Å². The predicted molar refractivity (Wildman–Crippen MR) is 169 cm³/mol. The molecular weight excluding hydrogens is 520 g/mol. The van der Waals surface area contributed by atoms with Gasteiger partial charge in [-0.15, -0.1) is 0 Å². The van der Waals surface area contributed by atoms with Gasteiger partial charge in [0.05, 0.1) is 5.57 Å². The second-order valence-corrected chi connectivity index (χ2v) is 10.4. The van der Waals surface area contributed by atoms with E-state index in [0.29, 0.717) is 42.3 Å². The first kappa shape index (κ1) is 28.4. The van der Waals surface area contributed by atoms with E-state index in [1.807, 2.05) is 141 Å². The fourth-order valence-electron chi connectivity index (χ4n) is 4.97. The minimum absolute atomic E-state index is 0.195. The first-order chi connectivity index (χ1) is 20.5. The Morgan fingerprint density at radius 1 is 0.571 bits per heavy atom. The number of aliphatic carboxylic acids is 1. The molecule has 210 valence electrons. The summed E-state index contributed by atoms with van der Waals surface area (Å²) in [6, 6.07) is 41.4. The second kappa shape index (κ2) is 13.5.